The summed E-state index contributed by atoms with van der Waals surface area (Å²) >= 11 is 0. The number of rotatable bonds is 3. The quantitative estimate of drug-likeness (QED) is 0.711. The highest BCUT2D eigenvalue weighted by Gasteiger charge is 2.29. The largest absolute Gasteiger partial charge is 0.448 e. The first-order chi connectivity index (χ1) is 8.58. The van der Waals surface area contributed by atoms with E-state index in [1.54, 1.807) is 4.90 Å². The summed E-state index contributed by atoms with van der Waals surface area (Å²) in [6, 6.07) is 0. The predicted molar refractivity (Wildman–Crippen MR) is 61.4 cm³/mol. The SMILES string of the molecule is NC(=O)C1CCN(C(=O)CN2CCOC2=O)CC1. The number of hydrogen-bond donors (Lipinski definition) is 1. The van der Waals surface area contributed by atoms with E-state index in [1.165, 1.54) is 4.90 Å². The Bertz CT molecular complexity index is 363. The second kappa shape index (κ2) is 5.24. The van der Waals surface area contributed by atoms with Gasteiger partial charge in [0.05, 0.1) is 6.54 Å². The summed E-state index contributed by atoms with van der Waals surface area (Å²) in [4.78, 5) is 37.2. The summed E-state index contributed by atoms with van der Waals surface area (Å²) < 4.78 is 4.76. The van der Waals surface area contributed by atoms with Crippen LogP contribution in [0.25, 0.3) is 0 Å². The summed E-state index contributed by atoms with van der Waals surface area (Å²) in [7, 11) is 0. The van der Waals surface area contributed by atoms with Gasteiger partial charge in [0.15, 0.2) is 0 Å². The Morgan fingerprint density at radius 3 is 2.44 bits per heavy atom. The van der Waals surface area contributed by atoms with Gasteiger partial charge in [0, 0.05) is 19.0 Å². The van der Waals surface area contributed by atoms with Crippen molar-refractivity contribution >= 4 is 17.9 Å². The molecule has 100 valence electrons. The molecule has 7 heteroatoms. The molecule has 2 saturated heterocycles. The zero-order chi connectivity index (χ0) is 13.1. The highest BCUT2D eigenvalue weighted by molar-refractivity contribution is 5.83. The summed E-state index contributed by atoms with van der Waals surface area (Å²) in [5.41, 5.74) is 5.23. The molecular formula is C11H17N3O4. The van der Waals surface area contributed by atoms with E-state index >= 15 is 0 Å². The van der Waals surface area contributed by atoms with Crippen LogP contribution < -0.4 is 5.73 Å². The van der Waals surface area contributed by atoms with E-state index in [9.17, 15) is 14.4 Å². The van der Waals surface area contributed by atoms with Crippen molar-refractivity contribution in [2.45, 2.75) is 12.8 Å². The molecule has 0 radical (unpaired) electrons. The molecule has 2 N–H and O–H groups in total. The molecule has 0 atom stereocenters. The molecule has 3 amide bonds. The number of cyclic esters (lactones) is 1. The van der Waals surface area contributed by atoms with E-state index < -0.39 is 6.09 Å². The summed E-state index contributed by atoms with van der Waals surface area (Å²) in [6.45, 7) is 1.91. The Hall–Kier alpha value is -1.79. The maximum absolute atomic E-state index is 11.9. The van der Waals surface area contributed by atoms with Crippen LogP contribution in [0, 0.1) is 5.92 Å². The van der Waals surface area contributed by atoms with Gasteiger partial charge in [-0.3, -0.25) is 14.5 Å². The molecule has 0 aromatic carbocycles. The molecule has 2 rings (SSSR count). The molecule has 2 aliphatic heterocycles. The lowest BCUT2D eigenvalue weighted by molar-refractivity contribution is -0.135. The standard InChI is InChI=1S/C11H17N3O4/c12-10(16)8-1-3-13(4-2-8)9(15)7-14-5-6-18-11(14)17/h8H,1-7H2,(H2,12,16). The molecule has 2 fully saturated rings. The second-order valence-electron chi connectivity index (χ2n) is 4.59. The zero-order valence-electron chi connectivity index (χ0n) is 10.1. The van der Waals surface area contributed by atoms with Crippen LogP contribution in [-0.4, -0.2) is 60.5 Å². The minimum absolute atomic E-state index is 0.0556. The average molecular weight is 255 g/mol. The topological polar surface area (TPSA) is 92.9 Å². The lowest BCUT2D eigenvalue weighted by Crippen LogP contribution is -2.46. The van der Waals surface area contributed by atoms with Crippen LogP contribution in [0.2, 0.25) is 0 Å². The number of likely N-dealkylation sites (tertiary alicyclic amines) is 1. The molecular weight excluding hydrogens is 238 g/mol. The maximum atomic E-state index is 11.9. The van der Waals surface area contributed by atoms with Crippen LogP contribution in [-0.2, 0) is 14.3 Å². The van der Waals surface area contributed by atoms with Crippen molar-refractivity contribution < 1.29 is 19.1 Å². The molecule has 18 heavy (non-hydrogen) atoms. The smallest absolute Gasteiger partial charge is 0.410 e. The van der Waals surface area contributed by atoms with Gasteiger partial charge in [-0.15, -0.1) is 0 Å². The van der Waals surface area contributed by atoms with Crippen LogP contribution in [0.15, 0.2) is 0 Å². The molecule has 0 aromatic heterocycles. The Labute approximate surface area is 105 Å². The number of nitrogens with zero attached hydrogens (tertiary/aromatic N) is 2. The van der Waals surface area contributed by atoms with E-state index in [0.29, 0.717) is 39.1 Å². The molecule has 0 spiro atoms. The number of ether oxygens (including phenoxy) is 1. The van der Waals surface area contributed by atoms with Gasteiger partial charge < -0.3 is 15.4 Å². The summed E-state index contributed by atoms with van der Waals surface area (Å²) in [5, 5.41) is 0. The first-order valence-corrected chi connectivity index (χ1v) is 6.06. The third-order valence-corrected chi connectivity index (χ3v) is 3.42. The first kappa shape index (κ1) is 12.7. The van der Waals surface area contributed by atoms with Gasteiger partial charge in [0.25, 0.3) is 0 Å². The van der Waals surface area contributed by atoms with Crippen LogP contribution in [0.4, 0.5) is 4.79 Å². The molecule has 2 heterocycles. The number of hydrogen-bond acceptors (Lipinski definition) is 4. The number of piperidine rings is 1. The number of primary amides is 1. The van der Waals surface area contributed by atoms with Gasteiger partial charge in [-0.05, 0) is 12.8 Å². The van der Waals surface area contributed by atoms with E-state index in [2.05, 4.69) is 0 Å². The average Bonchev–Trinajstić information content (AvgIpc) is 2.75. The number of amides is 3. The minimum atomic E-state index is -0.435. The van der Waals surface area contributed by atoms with Gasteiger partial charge in [0.1, 0.15) is 13.2 Å². The molecule has 0 unspecified atom stereocenters. The van der Waals surface area contributed by atoms with Crippen molar-refractivity contribution in [1.29, 1.82) is 0 Å². The highest BCUT2D eigenvalue weighted by Crippen LogP contribution is 2.17. The Balaban J connectivity index is 1.80. The molecule has 2 aliphatic rings. The van der Waals surface area contributed by atoms with Crippen molar-refractivity contribution in [3.8, 4) is 0 Å². The highest BCUT2D eigenvalue weighted by atomic mass is 16.6. The van der Waals surface area contributed by atoms with Crippen molar-refractivity contribution in [2.75, 3.05) is 32.8 Å². The lowest BCUT2D eigenvalue weighted by Gasteiger charge is -2.31. The normalized spacial score (nSPS) is 21.0. The Kier molecular flexibility index (Phi) is 3.69. The Morgan fingerprint density at radius 1 is 1.28 bits per heavy atom. The molecule has 0 saturated carbocycles. The van der Waals surface area contributed by atoms with Gasteiger partial charge in [-0.2, -0.15) is 0 Å². The predicted octanol–water partition coefficient (Wildman–Crippen LogP) is -0.837. The van der Waals surface area contributed by atoms with E-state index in [-0.39, 0.29) is 24.3 Å². The van der Waals surface area contributed by atoms with E-state index in [4.69, 9.17) is 10.5 Å². The van der Waals surface area contributed by atoms with E-state index in [0.717, 1.165) is 0 Å². The lowest BCUT2D eigenvalue weighted by atomic mass is 9.96. The van der Waals surface area contributed by atoms with Gasteiger partial charge >= 0.3 is 6.09 Å². The van der Waals surface area contributed by atoms with E-state index in [1.807, 2.05) is 0 Å². The fraction of sp³-hybridized carbons (Fsp3) is 0.727. The maximum Gasteiger partial charge on any atom is 0.410 e. The summed E-state index contributed by atoms with van der Waals surface area (Å²) in [5.74, 6) is -0.534. The number of carbonyl (C=O) groups excluding carboxylic acids is 3. The van der Waals surface area contributed by atoms with Crippen molar-refractivity contribution in [2.24, 2.45) is 11.7 Å². The van der Waals surface area contributed by atoms with Gasteiger partial charge in [0.2, 0.25) is 11.8 Å². The van der Waals surface area contributed by atoms with Crippen LogP contribution in [0.1, 0.15) is 12.8 Å². The zero-order valence-corrected chi connectivity index (χ0v) is 10.1. The number of nitrogens with two attached hydrogens (primary N) is 1. The van der Waals surface area contributed by atoms with Gasteiger partial charge in [-0.1, -0.05) is 0 Å². The van der Waals surface area contributed by atoms with Gasteiger partial charge in [-0.25, -0.2) is 4.79 Å². The number of carbonyl (C=O) groups is 3. The fourth-order valence-corrected chi connectivity index (χ4v) is 2.25. The molecule has 0 aromatic rings. The fourth-order valence-electron chi connectivity index (χ4n) is 2.25. The molecule has 0 aliphatic carbocycles. The third-order valence-electron chi connectivity index (χ3n) is 3.42. The van der Waals surface area contributed by atoms with Crippen molar-refractivity contribution in [3.63, 3.8) is 0 Å². The first-order valence-electron chi connectivity index (χ1n) is 6.06. The molecule has 0 bridgehead atoms. The van der Waals surface area contributed by atoms with Crippen LogP contribution in [0.3, 0.4) is 0 Å². The van der Waals surface area contributed by atoms with Crippen molar-refractivity contribution in [3.05, 3.63) is 0 Å². The molecule has 7 nitrogen and oxygen atoms in total. The van der Waals surface area contributed by atoms with Crippen LogP contribution in [0.5, 0.6) is 0 Å². The van der Waals surface area contributed by atoms with Crippen LogP contribution >= 0.6 is 0 Å². The summed E-state index contributed by atoms with van der Waals surface area (Å²) in [6.07, 6.45) is 0.771. The minimum Gasteiger partial charge on any atom is -0.448 e. The monoisotopic (exact) mass is 255 g/mol. The third kappa shape index (κ3) is 2.72. The van der Waals surface area contributed by atoms with Crippen molar-refractivity contribution in [1.82, 2.24) is 9.80 Å². The Morgan fingerprint density at radius 2 is 1.94 bits per heavy atom. The second-order valence-corrected chi connectivity index (χ2v) is 4.59.